The van der Waals surface area contributed by atoms with Crippen LogP contribution in [0.1, 0.15) is 33.8 Å². The molecule has 1 saturated heterocycles. The molecule has 2 aromatic rings. The molecule has 0 spiro atoms. The van der Waals surface area contributed by atoms with Crippen molar-refractivity contribution in [2.75, 3.05) is 26.2 Å². The van der Waals surface area contributed by atoms with Gasteiger partial charge in [-0.15, -0.1) is 0 Å². The Hall–Kier alpha value is -2.54. The van der Waals surface area contributed by atoms with Crippen molar-refractivity contribution in [2.45, 2.75) is 18.5 Å². The highest BCUT2D eigenvalue weighted by Gasteiger charge is 2.47. The molecule has 2 atom stereocenters. The summed E-state index contributed by atoms with van der Waals surface area (Å²) in [5.74, 6) is -0.666. The molecule has 2 aliphatic rings. The largest absolute Gasteiger partial charge is 0.417 e. The van der Waals surface area contributed by atoms with Gasteiger partial charge in [0.05, 0.1) is 11.1 Å². The zero-order valence-electron chi connectivity index (χ0n) is 16.0. The molecule has 0 N–H and O–H groups in total. The van der Waals surface area contributed by atoms with E-state index >= 15 is 0 Å². The first-order chi connectivity index (χ1) is 14.3. The van der Waals surface area contributed by atoms with Crippen LogP contribution < -0.4 is 0 Å². The maximum atomic E-state index is 13.2. The van der Waals surface area contributed by atoms with Crippen LogP contribution in [0.3, 0.4) is 0 Å². The highest BCUT2D eigenvalue weighted by atomic mass is 35.5. The summed E-state index contributed by atoms with van der Waals surface area (Å²) in [5.41, 5.74) is -0.324. The number of piperazine rings is 1. The highest BCUT2D eigenvalue weighted by Crippen LogP contribution is 2.50. The van der Waals surface area contributed by atoms with Crippen molar-refractivity contribution in [3.8, 4) is 0 Å². The van der Waals surface area contributed by atoms with Crippen molar-refractivity contribution >= 4 is 23.4 Å². The minimum absolute atomic E-state index is 0.0164. The summed E-state index contributed by atoms with van der Waals surface area (Å²) in [6.45, 7) is 1.04. The number of halogens is 4. The van der Waals surface area contributed by atoms with Crippen molar-refractivity contribution in [1.82, 2.24) is 9.80 Å². The minimum atomic E-state index is -4.59. The molecule has 30 heavy (non-hydrogen) atoms. The third-order valence-corrected chi connectivity index (χ3v) is 6.10. The lowest BCUT2D eigenvalue weighted by atomic mass is 10.1. The third-order valence-electron chi connectivity index (χ3n) is 5.75. The Morgan fingerprint density at radius 2 is 1.50 bits per heavy atom. The summed E-state index contributed by atoms with van der Waals surface area (Å²) in [6, 6.07) is 12.3. The predicted octanol–water partition coefficient (Wildman–Crippen LogP) is 4.45. The minimum Gasteiger partial charge on any atom is -0.339 e. The molecule has 2 amide bonds. The Kier molecular flexibility index (Phi) is 5.49. The van der Waals surface area contributed by atoms with Gasteiger partial charge < -0.3 is 9.80 Å². The molecule has 4 rings (SSSR count). The van der Waals surface area contributed by atoms with Crippen molar-refractivity contribution in [2.24, 2.45) is 5.92 Å². The monoisotopic (exact) mass is 436 g/mol. The lowest BCUT2D eigenvalue weighted by Crippen LogP contribution is -2.51. The van der Waals surface area contributed by atoms with Gasteiger partial charge in [-0.05, 0) is 36.1 Å². The van der Waals surface area contributed by atoms with E-state index in [2.05, 4.69) is 0 Å². The van der Waals surface area contributed by atoms with Gasteiger partial charge in [-0.1, -0.05) is 41.9 Å². The molecule has 4 nitrogen and oxygen atoms in total. The number of hydrogen-bond acceptors (Lipinski definition) is 2. The van der Waals surface area contributed by atoms with Crippen LogP contribution in [0.15, 0.2) is 48.5 Å². The Morgan fingerprint density at radius 1 is 0.900 bits per heavy atom. The lowest BCUT2D eigenvalue weighted by molar-refractivity contribution is -0.138. The van der Waals surface area contributed by atoms with E-state index in [9.17, 15) is 22.8 Å². The number of benzene rings is 2. The molecular formula is C22H20ClF3N2O2. The summed E-state index contributed by atoms with van der Waals surface area (Å²) < 4.78 is 39.6. The molecule has 0 radical (unpaired) electrons. The van der Waals surface area contributed by atoms with Crippen molar-refractivity contribution in [1.29, 1.82) is 0 Å². The number of nitrogens with zero attached hydrogens (tertiary/aromatic N) is 2. The molecule has 158 valence electrons. The Bertz CT molecular complexity index is 971. The summed E-state index contributed by atoms with van der Waals surface area (Å²) in [6.07, 6.45) is -3.86. The second-order valence-corrected chi connectivity index (χ2v) is 8.04. The summed E-state index contributed by atoms with van der Waals surface area (Å²) in [5, 5.41) is 0.650. The van der Waals surface area contributed by atoms with Crippen LogP contribution in [0.4, 0.5) is 13.2 Å². The van der Waals surface area contributed by atoms with Gasteiger partial charge in [0.15, 0.2) is 0 Å². The Balaban J connectivity index is 1.38. The molecule has 2 unspecified atom stereocenters. The smallest absolute Gasteiger partial charge is 0.339 e. The van der Waals surface area contributed by atoms with Crippen LogP contribution in [0, 0.1) is 5.92 Å². The topological polar surface area (TPSA) is 40.6 Å². The number of carbonyl (C=O) groups is 2. The maximum Gasteiger partial charge on any atom is 0.417 e. The standard InChI is InChI=1S/C22H20ClF3N2O2/c23-19-8-4-2-5-14(19)16-13-17(16)21(30)28-11-9-27(10-12-28)20(29)15-6-1-3-7-18(15)22(24,25)26/h1-8,16-17H,9-13H2. The predicted molar refractivity (Wildman–Crippen MR) is 106 cm³/mol. The molecule has 1 heterocycles. The van der Waals surface area contributed by atoms with Gasteiger partial charge in [0.25, 0.3) is 5.91 Å². The van der Waals surface area contributed by atoms with Crippen LogP contribution in [-0.4, -0.2) is 47.8 Å². The number of alkyl halides is 3. The molecule has 1 aliphatic heterocycles. The van der Waals surface area contributed by atoms with Crippen LogP contribution in [0.25, 0.3) is 0 Å². The number of amides is 2. The second-order valence-electron chi connectivity index (χ2n) is 7.63. The summed E-state index contributed by atoms with van der Waals surface area (Å²) >= 11 is 6.22. The van der Waals surface area contributed by atoms with Crippen molar-refractivity contribution in [3.05, 3.63) is 70.2 Å². The van der Waals surface area contributed by atoms with Crippen LogP contribution in [0.5, 0.6) is 0 Å². The molecule has 1 saturated carbocycles. The lowest BCUT2D eigenvalue weighted by Gasteiger charge is -2.35. The SMILES string of the molecule is O=C(c1ccccc1C(F)(F)F)N1CCN(C(=O)C2CC2c2ccccc2Cl)CC1. The van der Waals surface area contributed by atoms with Gasteiger partial charge in [-0.2, -0.15) is 13.2 Å². The van der Waals surface area contributed by atoms with Crippen molar-refractivity contribution < 1.29 is 22.8 Å². The van der Waals surface area contributed by atoms with E-state index in [1.165, 1.54) is 23.1 Å². The van der Waals surface area contributed by atoms with Crippen molar-refractivity contribution in [3.63, 3.8) is 0 Å². The van der Waals surface area contributed by atoms with Crippen LogP contribution >= 0.6 is 11.6 Å². The van der Waals surface area contributed by atoms with Gasteiger partial charge in [0, 0.05) is 37.1 Å². The zero-order valence-corrected chi connectivity index (χ0v) is 16.8. The number of carbonyl (C=O) groups excluding carboxylic acids is 2. The molecule has 0 bridgehead atoms. The fourth-order valence-electron chi connectivity index (χ4n) is 4.04. The first-order valence-corrected chi connectivity index (χ1v) is 10.1. The van der Waals surface area contributed by atoms with E-state index in [4.69, 9.17) is 11.6 Å². The first kappa shape index (κ1) is 20.7. The average Bonchev–Trinajstić information content (AvgIpc) is 3.53. The summed E-state index contributed by atoms with van der Waals surface area (Å²) in [7, 11) is 0. The molecular weight excluding hydrogens is 417 g/mol. The quantitative estimate of drug-likeness (QED) is 0.713. The fraction of sp³-hybridized carbons (Fsp3) is 0.364. The van der Waals surface area contributed by atoms with Gasteiger partial charge in [-0.25, -0.2) is 0 Å². The van der Waals surface area contributed by atoms with Gasteiger partial charge in [0.1, 0.15) is 0 Å². The zero-order chi connectivity index (χ0) is 21.5. The normalized spacial score (nSPS) is 21.5. The molecule has 0 aromatic heterocycles. The highest BCUT2D eigenvalue weighted by molar-refractivity contribution is 6.31. The van der Waals surface area contributed by atoms with E-state index in [1.807, 2.05) is 18.2 Å². The molecule has 2 fully saturated rings. The van der Waals surface area contributed by atoms with Gasteiger partial charge >= 0.3 is 6.18 Å². The van der Waals surface area contributed by atoms with E-state index in [1.54, 1.807) is 11.0 Å². The van der Waals surface area contributed by atoms with E-state index < -0.39 is 17.6 Å². The fourth-order valence-corrected chi connectivity index (χ4v) is 4.31. The van der Waals surface area contributed by atoms with E-state index in [0.717, 1.165) is 18.1 Å². The third kappa shape index (κ3) is 4.03. The molecule has 8 heteroatoms. The average molecular weight is 437 g/mol. The number of hydrogen-bond donors (Lipinski definition) is 0. The Labute approximate surface area is 177 Å². The molecule has 2 aromatic carbocycles. The van der Waals surface area contributed by atoms with E-state index in [-0.39, 0.29) is 36.4 Å². The first-order valence-electron chi connectivity index (χ1n) is 9.76. The van der Waals surface area contributed by atoms with Gasteiger partial charge in [-0.3, -0.25) is 9.59 Å². The van der Waals surface area contributed by atoms with Crippen LogP contribution in [0.2, 0.25) is 5.02 Å². The summed E-state index contributed by atoms with van der Waals surface area (Å²) in [4.78, 5) is 28.6. The maximum absolute atomic E-state index is 13.2. The number of rotatable bonds is 3. The van der Waals surface area contributed by atoms with Crippen LogP contribution in [-0.2, 0) is 11.0 Å². The molecule has 1 aliphatic carbocycles. The van der Waals surface area contributed by atoms with Gasteiger partial charge in [0.2, 0.25) is 5.91 Å². The second kappa shape index (κ2) is 7.95. The Morgan fingerprint density at radius 3 is 2.17 bits per heavy atom. The van der Waals surface area contributed by atoms with E-state index in [0.29, 0.717) is 18.1 Å².